The van der Waals surface area contributed by atoms with Gasteiger partial charge in [0.1, 0.15) is 6.54 Å². The average molecular weight is 395 g/mol. The highest BCUT2D eigenvalue weighted by Gasteiger charge is 2.28. The lowest BCUT2D eigenvalue weighted by molar-refractivity contribution is -0.123. The monoisotopic (exact) mass is 395 g/mol. The van der Waals surface area contributed by atoms with Gasteiger partial charge in [-0.3, -0.25) is 4.79 Å². The molecule has 1 unspecified atom stereocenters. The van der Waals surface area contributed by atoms with Crippen molar-refractivity contribution in [3.05, 3.63) is 65.2 Å². The van der Waals surface area contributed by atoms with Crippen LogP contribution in [0.4, 0.5) is 23.7 Å². The summed E-state index contributed by atoms with van der Waals surface area (Å²) >= 11 is 0. The van der Waals surface area contributed by atoms with Crippen LogP contribution in [0.15, 0.2) is 48.5 Å². The quantitative estimate of drug-likeness (QED) is 0.606. The van der Waals surface area contributed by atoms with Crippen molar-refractivity contribution in [1.82, 2.24) is 10.6 Å². The van der Waals surface area contributed by atoms with Gasteiger partial charge >= 0.3 is 12.2 Å². The minimum Gasteiger partial charge on any atom is -0.394 e. The highest BCUT2D eigenvalue weighted by Crippen LogP contribution is 2.19. The van der Waals surface area contributed by atoms with Crippen molar-refractivity contribution in [2.24, 2.45) is 0 Å². The first-order valence-electron chi connectivity index (χ1n) is 8.38. The van der Waals surface area contributed by atoms with Crippen LogP contribution in [-0.2, 0) is 0 Å². The van der Waals surface area contributed by atoms with Gasteiger partial charge in [0, 0.05) is 11.3 Å². The smallest absolute Gasteiger partial charge is 0.394 e. The van der Waals surface area contributed by atoms with E-state index in [9.17, 15) is 27.9 Å². The summed E-state index contributed by atoms with van der Waals surface area (Å²) in [6.45, 7) is -0.0950. The second kappa shape index (κ2) is 9.23. The van der Waals surface area contributed by atoms with E-state index in [4.69, 9.17) is 0 Å². The van der Waals surface area contributed by atoms with Gasteiger partial charge in [0.15, 0.2) is 0 Å². The number of amides is 3. The molecular formula is C19H20F3N3O3. The summed E-state index contributed by atoms with van der Waals surface area (Å²) in [4.78, 5) is 24.1. The van der Waals surface area contributed by atoms with Gasteiger partial charge < -0.3 is 21.1 Å². The lowest BCUT2D eigenvalue weighted by Gasteiger charge is -2.18. The van der Waals surface area contributed by atoms with E-state index in [1.807, 2.05) is 0 Å². The summed E-state index contributed by atoms with van der Waals surface area (Å²) in [7, 11) is 0. The molecule has 0 saturated heterocycles. The van der Waals surface area contributed by atoms with Crippen LogP contribution >= 0.6 is 0 Å². The molecule has 6 nitrogen and oxygen atoms in total. The Morgan fingerprint density at radius 2 is 1.79 bits per heavy atom. The zero-order valence-electron chi connectivity index (χ0n) is 15.0. The summed E-state index contributed by atoms with van der Waals surface area (Å²) in [5.41, 5.74) is 1.56. The molecule has 0 bridgehead atoms. The molecule has 28 heavy (non-hydrogen) atoms. The minimum atomic E-state index is -4.52. The van der Waals surface area contributed by atoms with E-state index in [1.54, 1.807) is 42.6 Å². The molecule has 9 heteroatoms. The normalized spacial score (nSPS) is 12.2. The molecule has 4 N–H and O–H groups in total. The molecule has 0 heterocycles. The van der Waals surface area contributed by atoms with Crippen molar-refractivity contribution in [1.29, 1.82) is 0 Å². The van der Waals surface area contributed by atoms with E-state index in [2.05, 4.69) is 10.6 Å². The molecule has 0 saturated carbocycles. The molecule has 0 aromatic heterocycles. The molecule has 1 atom stereocenters. The van der Waals surface area contributed by atoms with Gasteiger partial charge in [-0.05, 0) is 30.2 Å². The molecule has 0 aliphatic rings. The van der Waals surface area contributed by atoms with E-state index < -0.39 is 30.7 Å². The molecule has 2 rings (SSSR count). The molecule has 0 radical (unpaired) electrons. The number of nitrogens with one attached hydrogen (secondary N) is 3. The van der Waals surface area contributed by atoms with Crippen LogP contribution in [0, 0.1) is 6.92 Å². The number of aliphatic hydroxyl groups excluding tert-OH is 1. The van der Waals surface area contributed by atoms with Crippen LogP contribution in [0.2, 0.25) is 0 Å². The molecule has 2 aromatic rings. The van der Waals surface area contributed by atoms with Crippen LogP contribution in [0.25, 0.3) is 0 Å². The predicted octanol–water partition coefficient (Wildman–Crippen LogP) is 3.14. The number of anilines is 1. The van der Waals surface area contributed by atoms with E-state index >= 15 is 0 Å². The highest BCUT2D eigenvalue weighted by molar-refractivity contribution is 5.97. The Morgan fingerprint density at radius 3 is 2.39 bits per heavy atom. The molecule has 0 fully saturated rings. The number of aryl methyl sites for hydroxylation is 1. The molecule has 3 amide bonds. The summed E-state index contributed by atoms with van der Waals surface area (Å²) in [6.07, 6.45) is -4.52. The van der Waals surface area contributed by atoms with Gasteiger partial charge in [-0.1, -0.05) is 36.4 Å². The maximum absolute atomic E-state index is 12.3. The fourth-order valence-corrected chi connectivity index (χ4v) is 2.42. The average Bonchev–Trinajstić information content (AvgIpc) is 2.66. The number of rotatable bonds is 6. The van der Waals surface area contributed by atoms with Crippen LogP contribution in [-0.4, -0.2) is 36.4 Å². The Bertz CT molecular complexity index is 826. The number of hydrogen-bond acceptors (Lipinski definition) is 3. The number of aliphatic hydroxyl groups is 1. The SMILES string of the molecule is Cc1ccc(C(=O)NCC(F)(F)F)cc1NC(=O)NC(CO)c1ccccc1. The molecule has 150 valence electrons. The first-order valence-corrected chi connectivity index (χ1v) is 8.38. The molecule has 0 aliphatic carbocycles. The van der Waals surface area contributed by atoms with Gasteiger partial charge in [0.25, 0.3) is 5.91 Å². The van der Waals surface area contributed by atoms with Crippen LogP contribution < -0.4 is 16.0 Å². The third-order valence-corrected chi connectivity index (χ3v) is 3.89. The van der Waals surface area contributed by atoms with Crippen molar-refractivity contribution in [2.75, 3.05) is 18.5 Å². The predicted molar refractivity (Wildman–Crippen MR) is 98.0 cm³/mol. The zero-order chi connectivity index (χ0) is 20.7. The summed E-state index contributed by atoms with van der Waals surface area (Å²) in [6, 6.07) is 11.7. The Morgan fingerprint density at radius 1 is 1.11 bits per heavy atom. The van der Waals surface area contributed by atoms with E-state index in [1.165, 1.54) is 18.2 Å². The van der Waals surface area contributed by atoms with Crippen molar-refractivity contribution in [3.8, 4) is 0 Å². The number of halogens is 3. The first-order chi connectivity index (χ1) is 13.2. The van der Waals surface area contributed by atoms with Gasteiger partial charge in [-0.2, -0.15) is 13.2 Å². The number of hydrogen-bond donors (Lipinski definition) is 4. The summed E-state index contributed by atoms with van der Waals surface area (Å²) in [5, 5.41) is 16.4. The van der Waals surface area contributed by atoms with Gasteiger partial charge in [-0.15, -0.1) is 0 Å². The molecule has 0 aliphatic heterocycles. The largest absolute Gasteiger partial charge is 0.405 e. The third kappa shape index (κ3) is 6.27. The van der Waals surface area contributed by atoms with Crippen molar-refractivity contribution < 1.29 is 27.9 Å². The van der Waals surface area contributed by atoms with Gasteiger partial charge in [-0.25, -0.2) is 4.79 Å². The summed E-state index contributed by atoms with van der Waals surface area (Å²) < 4.78 is 36.7. The number of carbonyl (C=O) groups is 2. The topological polar surface area (TPSA) is 90.5 Å². The van der Waals surface area contributed by atoms with Gasteiger partial charge in [0.2, 0.25) is 0 Å². The second-order valence-corrected chi connectivity index (χ2v) is 6.07. The van der Waals surface area contributed by atoms with Crippen molar-refractivity contribution in [3.63, 3.8) is 0 Å². The molecule has 0 spiro atoms. The molecular weight excluding hydrogens is 375 g/mol. The van der Waals surface area contributed by atoms with E-state index in [0.29, 0.717) is 11.1 Å². The van der Waals surface area contributed by atoms with E-state index in [-0.39, 0.29) is 17.9 Å². The fourth-order valence-electron chi connectivity index (χ4n) is 2.42. The second-order valence-electron chi connectivity index (χ2n) is 6.07. The Hall–Kier alpha value is -3.07. The molecule has 2 aromatic carbocycles. The zero-order valence-corrected chi connectivity index (χ0v) is 15.0. The first kappa shape index (κ1) is 21.2. The highest BCUT2D eigenvalue weighted by atomic mass is 19.4. The lowest BCUT2D eigenvalue weighted by atomic mass is 10.1. The van der Waals surface area contributed by atoms with Crippen LogP contribution in [0.5, 0.6) is 0 Å². The number of alkyl halides is 3. The number of carbonyl (C=O) groups excluding carboxylic acids is 2. The van der Waals surface area contributed by atoms with Crippen molar-refractivity contribution in [2.45, 2.75) is 19.1 Å². The Balaban J connectivity index is 2.06. The van der Waals surface area contributed by atoms with E-state index in [0.717, 1.165) is 0 Å². The summed E-state index contributed by atoms with van der Waals surface area (Å²) in [5.74, 6) is -0.904. The lowest BCUT2D eigenvalue weighted by Crippen LogP contribution is -2.35. The van der Waals surface area contributed by atoms with Crippen LogP contribution in [0.1, 0.15) is 27.5 Å². The van der Waals surface area contributed by atoms with Crippen molar-refractivity contribution >= 4 is 17.6 Å². The third-order valence-electron chi connectivity index (χ3n) is 3.89. The van der Waals surface area contributed by atoms with Crippen LogP contribution in [0.3, 0.4) is 0 Å². The number of benzene rings is 2. The fraction of sp³-hybridized carbons (Fsp3) is 0.263. The maximum atomic E-state index is 12.3. The van der Waals surface area contributed by atoms with Gasteiger partial charge in [0.05, 0.1) is 12.6 Å². The Kier molecular flexibility index (Phi) is 7.00. The maximum Gasteiger partial charge on any atom is 0.405 e. The standard InChI is InChI=1S/C19H20F3N3O3/c1-12-7-8-14(17(27)23-11-19(20,21)22)9-15(12)24-18(28)25-16(10-26)13-5-3-2-4-6-13/h2-9,16,26H,10-11H2,1H3,(H,23,27)(H2,24,25,28). The number of urea groups is 1. The minimum absolute atomic E-state index is 0.0214. The Labute approximate surface area is 159 Å².